The molecule has 1 aromatic heterocycles. The minimum absolute atomic E-state index is 0.0149. The second-order valence-corrected chi connectivity index (χ2v) is 10.8. The van der Waals surface area contributed by atoms with Gasteiger partial charge >= 0.3 is 6.18 Å². The Labute approximate surface area is 194 Å². The molecule has 1 amide bonds. The summed E-state index contributed by atoms with van der Waals surface area (Å²) in [5, 5.41) is 0. The molecule has 1 aromatic carbocycles. The number of aromatic nitrogens is 2. The van der Waals surface area contributed by atoms with Gasteiger partial charge in [-0.05, 0) is 37.1 Å². The van der Waals surface area contributed by atoms with Crippen molar-refractivity contribution in [1.82, 2.24) is 19.2 Å². The standard InChI is InChI=1S/C22H23F3N4O4S/c23-22(24,25)15-3-5-18(6-4-15)34(31,32)28-8-7-21(30)29-13-17(9-16(29)12-28)33-20-11-26-19(10-27-20)14-1-2-14/h3-6,10-11,14,16-17H,1-2,7-9,12-13H2/t16-,17?/m1/s1. The summed E-state index contributed by atoms with van der Waals surface area (Å²) in [5.74, 6) is 0.645. The lowest BCUT2D eigenvalue weighted by molar-refractivity contribution is -0.137. The first-order chi connectivity index (χ1) is 16.1. The number of amides is 1. The Balaban J connectivity index is 1.28. The van der Waals surface area contributed by atoms with Crippen LogP contribution in [0.1, 0.15) is 42.9 Å². The minimum Gasteiger partial charge on any atom is -0.471 e. The van der Waals surface area contributed by atoms with Gasteiger partial charge in [-0.1, -0.05) is 0 Å². The number of carbonyl (C=O) groups is 1. The van der Waals surface area contributed by atoms with Crippen molar-refractivity contribution in [3.8, 4) is 5.88 Å². The van der Waals surface area contributed by atoms with Crippen molar-refractivity contribution in [2.24, 2.45) is 0 Å². The van der Waals surface area contributed by atoms with Crippen LogP contribution in [0.5, 0.6) is 5.88 Å². The number of alkyl halides is 3. The molecular formula is C22H23F3N4O4S. The predicted molar refractivity (Wildman–Crippen MR) is 113 cm³/mol. The Morgan fingerprint density at radius 2 is 1.76 bits per heavy atom. The van der Waals surface area contributed by atoms with E-state index >= 15 is 0 Å². The van der Waals surface area contributed by atoms with E-state index in [2.05, 4.69) is 9.97 Å². The zero-order chi connectivity index (χ0) is 24.1. The SMILES string of the molecule is O=C1CCN(S(=O)(=O)c2ccc(C(F)(F)F)cc2)C[C@H]2CC(Oc3cnc(C4CC4)cn3)CN12. The lowest BCUT2D eigenvalue weighted by Gasteiger charge is -2.25. The Bertz CT molecular complexity index is 1170. The Kier molecular flexibility index (Phi) is 5.75. The molecule has 0 N–H and O–H groups in total. The molecule has 182 valence electrons. The van der Waals surface area contributed by atoms with Crippen LogP contribution in [0.25, 0.3) is 0 Å². The van der Waals surface area contributed by atoms with Crippen LogP contribution in [0.2, 0.25) is 0 Å². The Morgan fingerprint density at radius 3 is 2.38 bits per heavy atom. The number of benzene rings is 1. The summed E-state index contributed by atoms with van der Waals surface area (Å²) in [6.45, 7) is 0.319. The number of ether oxygens (including phenoxy) is 1. The van der Waals surface area contributed by atoms with E-state index < -0.39 is 27.8 Å². The molecule has 0 radical (unpaired) electrons. The number of carbonyl (C=O) groups excluding carboxylic acids is 1. The number of nitrogens with zero attached hydrogens (tertiary/aromatic N) is 4. The second kappa shape index (κ2) is 8.49. The maximum Gasteiger partial charge on any atom is 0.416 e. The van der Waals surface area contributed by atoms with E-state index in [-0.39, 0.29) is 36.4 Å². The van der Waals surface area contributed by atoms with Crippen LogP contribution >= 0.6 is 0 Å². The summed E-state index contributed by atoms with van der Waals surface area (Å²) in [6, 6.07) is 3.00. The zero-order valence-corrected chi connectivity index (χ0v) is 18.9. The number of hydrogen-bond donors (Lipinski definition) is 0. The highest BCUT2D eigenvalue weighted by Gasteiger charge is 2.42. The first kappa shape index (κ1) is 23.0. The molecule has 2 aromatic rings. The van der Waals surface area contributed by atoms with Crippen LogP contribution < -0.4 is 4.74 Å². The summed E-state index contributed by atoms with van der Waals surface area (Å²) in [6.07, 6.45) is 0.979. The highest BCUT2D eigenvalue weighted by atomic mass is 32.2. The predicted octanol–water partition coefficient (Wildman–Crippen LogP) is 2.82. The van der Waals surface area contributed by atoms with Crippen molar-refractivity contribution in [2.75, 3.05) is 19.6 Å². The number of hydrogen-bond acceptors (Lipinski definition) is 6. The van der Waals surface area contributed by atoms with Gasteiger partial charge in [0.15, 0.2) is 0 Å². The lowest BCUT2D eigenvalue weighted by atomic mass is 10.2. The van der Waals surface area contributed by atoms with Gasteiger partial charge in [0.05, 0.1) is 35.1 Å². The number of sulfonamides is 1. The van der Waals surface area contributed by atoms with Crippen molar-refractivity contribution >= 4 is 15.9 Å². The van der Waals surface area contributed by atoms with Gasteiger partial charge in [-0.15, -0.1) is 0 Å². The minimum atomic E-state index is -4.56. The van der Waals surface area contributed by atoms with Crippen LogP contribution in [-0.2, 0) is 21.0 Å². The maximum atomic E-state index is 13.1. The first-order valence-corrected chi connectivity index (χ1v) is 12.5. The van der Waals surface area contributed by atoms with E-state index in [1.54, 1.807) is 17.3 Å². The topological polar surface area (TPSA) is 92.7 Å². The fourth-order valence-electron chi connectivity index (χ4n) is 4.46. The van der Waals surface area contributed by atoms with Crippen LogP contribution in [-0.4, -0.2) is 65.3 Å². The van der Waals surface area contributed by atoms with E-state index in [4.69, 9.17) is 4.74 Å². The average Bonchev–Trinajstić information content (AvgIpc) is 3.59. The van der Waals surface area contributed by atoms with Gasteiger partial charge in [-0.3, -0.25) is 9.78 Å². The summed E-state index contributed by atoms with van der Waals surface area (Å²) in [7, 11) is -4.07. The van der Waals surface area contributed by atoms with Crippen molar-refractivity contribution in [2.45, 2.75) is 54.8 Å². The number of halogens is 3. The van der Waals surface area contributed by atoms with E-state index in [1.807, 2.05) is 0 Å². The quantitative estimate of drug-likeness (QED) is 0.632. The summed E-state index contributed by atoms with van der Waals surface area (Å²) in [4.78, 5) is 22.7. The molecule has 12 heteroatoms. The molecule has 34 heavy (non-hydrogen) atoms. The molecule has 0 bridgehead atoms. The number of fused-ring (bicyclic) bond motifs is 1. The molecule has 5 rings (SSSR count). The summed E-state index contributed by atoms with van der Waals surface area (Å²) in [5.41, 5.74) is 0.0136. The fourth-order valence-corrected chi connectivity index (χ4v) is 5.94. The third-order valence-electron chi connectivity index (χ3n) is 6.44. The highest BCUT2D eigenvalue weighted by Crippen LogP contribution is 2.38. The Hall–Kier alpha value is -2.73. The van der Waals surface area contributed by atoms with Gasteiger partial charge in [-0.2, -0.15) is 17.5 Å². The molecule has 1 aliphatic carbocycles. The van der Waals surface area contributed by atoms with Crippen LogP contribution in [0.3, 0.4) is 0 Å². The summed E-state index contributed by atoms with van der Waals surface area (Å²) < 4.78 is 71.9. The summed E-state index contributed by atoms with van der Waals surface area (Å²) >= 11 is 0. The zero-order valence-electron chi connectivity index (χ0n) is 18.1. The Morgan fingerprint density at radius 1 is 1.03 bits per heavy atom. The smallest absolute Gasteiger partial charge is 0.416 e. The van der Waals surface area contributed by atoms with Crippen LogP contribution in [0, 0.1) is 0 Å². The largest absolute Gasteiger partial charge is 0.471 e. The molecule has 1 saturated carbocycles. The van der Waals surface area contributed by atoms with E-state index in [1.165, 1.54) is 4.31 Å². The highest BCUT2D eigenvalue weighted by molar-refractivity contribution is 7.89. The molecule has 2 atom stereocenters. The van der Waals surface area contributed by atoms with Gasteiger partial charge in [0, 0.05) is 37.9 Å². The van der Waals surface area contributed by atoms with E-state index in [9.17, 15) is 26.4 Å². The van der Waals surface area contributed by atoms with Crippen LogP contribution in [0.4, 0.5) is 13.2 Å². The van der Waals surface area contributed by atoms with Gasteiger partial charge in [-0.25, -0.2) is 13.4 Å². The van der Waals surface area contributed by atoms with Gasteiger partial charge in [0.1, 0.15) is 6.10 Å². The molecule has 0 spiro atoms. The molecule has 2 saturated heterocycles. The molecule has 3 aliphatic rings. The van der Waals surface area contributed by atoms with E-state index in [0.29, 0.717) is 24.8 Å². The number of rotatable bonds is 5. The average molecular weight is 497 g/mol. The second-order valence-electron chi connectivity index (χ2n) is 8.86. The van der Waals surface area contributed by atoms with Gasteiger partial charge < -0.3 is 9.64 Å². The first-order valence-electron chi connectivity index (χ1n) is 11.1. The lowest BCUT2D eigenvalue weighted by Crippen LogP contribution is -2.40. The normalized spacial score (nSPS) is 24.1. The van der Waals surface area contributed by atoms with E-state index in [0.717, 1.165) is 42.8 Å². The molecule has 2 aliphatic heterocycles. The maximum absolute atomic E-state index is 13.1. The van der Waals surface area contributed by atoms with Crippen molar-refractivity contribution in [1.29, 1.82) is 0 Å². The molecule has 1 unspecified atom stereocenters. The monoisotopic (exact) mass is 496 g/mol. The van der Waals surface area contributed by atoms with Crippen molar-refractivity contribution in [3.05, 3.63) is 47.9 Å². The molecule has 3 heterocycles. The van der Waals surface area contributed by atoms with Gasteiger partial charge in [0.25, 0.3) is 0 Å². The fraction of sp³-hybridized carbons (Fsp3) is 0.500. The molecule has 3 fully saturated rings. The molecule has 8 nitrogen and oxygen atoms in total. The third kappa shape index (κ3) is 4.61. The van der Waals surface area contributed by atoms with Gasteiger partial charge in [0.2, 0.25) is 21.8 Å². The van der Waals surface area contributed by atoms with Crippen molar-refractivity contribution in [3.63, 3.8) is 0 Å². The molecular weight excluding hydrogens is 473 g/mol. The van der Waals surface area contributed by atoms with Crippen molar-refractivity contribution < 1.29 is 31.1 Å². The third-order valence-corrected chi connectivity index (χ3v) is 8.32. The van der Waals surface area contributed by atoms with Crippen LogP contribution in [0.15, 0.2) is 41.6 Å².